The fourth-order valence-electron chi connectivity index (χ4n) is 10.3. The average Bonchev–Trinajstić information content (AvgIpc) is 3.52. The molecule has 1 amide bonds. The highest BCUT2D eigenvalue weighted by Crippen LogP contribution is 2.38. The molecule has 0 radical (unpaired) electrons. The second-order valence-corrected chi connectivity index (χ2v) is 20.4. The maximum absolute atomic E-state index is 12.8. The number of unbranched alkanes of at least 4 members (excludes halogenated alkanes) is 2. The van der Waals surface area contributed by atoms with Crippen molar-refractivity contribution in [3.8, 4) is 0 Å². The van der Waals surface area contributed by atoms with Crippen LogP contribution in [-0.4, -0.2) is 335 Å². The molecule has 6 rings (SSSR count). The number of hydrogen-bond acceptors (Lipinski definition) is 32. The molecule has 0 aromatic heterocycles. The summed E-state index contributed by atoms with van der Waals surface area (Å²) in [6, 6.07) is -1.78. The van der Waals surface area contributed by atoms with Crippen LogP contribution in [-0.2, 0) is 61.6 Å². The highest BCUT2D eigenvalue weighted by atomic mass is 16.8. The lowest BCUT2D eigenvalue weighted by Crippen LogP contribution is -2.70. The zero-order valence-electron chi connectivity index (χ0n) is 43.3. The topological polar surface area (TPSA) is 530 Å². The molecule has 0 bridgehead atoms. The molecule has 462 valence electrons. The Bertz CT molecular complexity index is 1800. The van der Waals surface area contributed by atoms with E-state index in [1.165, 1.54) is 6.92 Å². The quantitative estimate of drug-likeness (QED) is 0.0378. The van der Waals surface area contributed by atoms with Gasteiger partial charge in [-0.15, -0.1) is 0 Å². The van der Waals surface area contributed by atoms with Crippen LogP contribution < -0.4 is 11.1 Å². The lowest BCUT2D eigenvalue weighted by Gasteiger charge is -2.50. The van der Waals surface area contributed by atoms with Gasteiger partial charge in [0.1, 0.15) is 134 Å². The zero-order chi connectivity index (χ0) is 58.2. The Morgan fingerprint density at radius 2 is 0.949 bits per heavy atom. The first-order valence-corrected chi connectivity index (χ1v) is 26.2. The maximum atomic E-state index is 12.8. The van der Waals surface area contributed by atoms with Crippen molar-refractivity contribution in [2.75, 3.05) is 52.8 Å². The SMILES string of the molecule is CC(=O)NC1[C@H](O[C@@H]2C(O)[C@@H](O[C@H]3C(CO)O[C@@H](O[C@@H]4C(CO)O[C@@H](OCCCCCN)C(O)[C@H]4O)C(O)[C@H]3O)OC(CO)[C@@H]2O)OC(CO)[C@H](O)[C@@H]1O[C@@H]1OC(CO)[C@H](O)[C@H](O[C@@H]2C[C@@H](O)[C@@H](C)C([C@H](O)[C@H](O)CO)O2)C1O. The average molecular weight is 1160 g/mol. The molecule has 0 aromatic carbocycles. The Morgan fingerprint density at radius 3 is 1.44 bits per heavy atom. The van der Waals surface area contributed by atoms with E-state index in [1.807, 2.05) is 0 Å². The monoisotopic (exact) mass is 1160 g/mol. The Labute approximate surface area is 452 Å². The molecule has 11 unspecified atom stereocenters. The largest absolute Gasteiger partial charge is 0.394 e. The Balaban J connectivity index is 1.18. The van der Waals surface area contributed by atoms with E-state index in [0.29, 0.717) is 25.8 Å². The summed E-state index contributed by atoms with van der Waals surface area (Å²) in [5, 5.41) is 197. The van der Waals surface area contributed by atoms with Crippen LogP contribution >= 0.6 is 0 Å². The standard InChI is InChI=1S/C46H82N2O31/c1-15-17(56)8-24(74-36(15)26(58)18(57)9-49)75-40-28(60)20(11-51)71-46(34(40)66)78-39-25(48-16(2)55)42(69-19(10-50)27(39)59)79-41-29(61)21(12-52)70-45(35(41)67)77-38-23(14-54)73-44(33(65)31(38)63)76-37-22(13-53)72-43(32(64)30(37)62)68-7-5-3-4-6-47/h15,17-46,49-54,56-67H,3-14,47H2,1-2H3,(H,48,55)/t15-,17-,18-,19?,20?,21?,22?,23?,24-,25?,26-,27+,28+,29+,30-,31-,32?,33?,34?,35?,36?,37-,38+,39-,40+,41+,42+,43-,44+,45-,46+/m1/s1. The van der Waals surface area contributed by atoms with Crippen LogP contribution in [0.15, 0.2) is 0 Å². The summed E-state index contributed by atoms with van der Waals surface area (Å²) in [7, 11) is 0. The van der Waals surface area contributed by atoms with Gasteiger partial charge in [0.05, 0.1) is 51.8 Å². The van der Waals surface area contributed by atoms with E-state index in [1.54, 1.807) is 0 Å². The molecule has 0 aromatic rings. The van der Waals surface area contributed by atoms with Crippen molar-refractivity contribution in [2.24, 2.45) is 11.7 Å². The first kappa shape index (κ1) is 66.4. The molecule has 6 saturated heterocycles. The molecule has 6 aliphatic heterocycles. The van der Waals surface area contributed by atoms with Crippen molar-refractivity contribution in [1.82, 2.24) is 5.32 Å². The second kappa shape index (κ2) is 30.3. The van der Waals surface area contributed by atoms with Gasteiger partial charge in [0.25, 0.3) is 0 Å². The fraction of sp³-hybridized carbons (Fsp3) is 0.978. The van der Waals surface area contributed by atoms with Crippen molar-refractivity contribution in [3.05, 3.63) is 0 Å². The number of nitrogens with two attached hydrogens (primary N) is 1. The van der Waals surface area contributed by atoms with Gasteiger partial charge >= 0.3 is 0 Å². The Morgan fingerprint density at radius 1 is 0.519 bits per heavy atom. The Hall–Kier alpha value is -1.77. The minimum atomic E-state index is -2.21. The van der Waals surface area contributed by atoms with Gasteiger partial charge in [-0.3, -0.25) is 4.79 Å². The summed E-state index contributed by atoms with van der Waals surface area (Å²) >= 11 is 0. The lowest BCUT2D eigenvalue weighted by atomic mass is 9.87. The van der Waals surface area contributed by atoms with Crippen LogP contribution in [0.4, 0.5) is 0 Å². The number of nitrogens with one attached hydrogen (secondary N) is 1. The van der Waals surface area contributed by atoms with Crippen molar-refractivity contribution in [1.29, 1.82) is 0 Å². The van der Waals surface area contributed by atoms with Gasteiger partial charge in [-0.1, -0.05) is 6.92 Å². The van der Waals surface area contributed by atoms with Crippen molar-refractivity contribution < 1.29 is 154 Å². The number of ether oxygens (including phenoxy) is 12. The maximum Gasteiger partial charge on any atom is 0.217 e. The number of carbonyl (C=O) groups excluding carboxylic acids is 1. The van der Waals surface area contributed by atoms with Gasteiger partial charge < -0.3 is 160 Å². The molecular formula is C46H82N2O31. The first-order chi connectivity index (χ1) is 37.6. The van der Waals surface area contributed by atoms with Gasteiger partial charge in [-0.05, 0) is 25.8 Å². The predicted octanol–water partition coefficient (Wildman–Crippen LogP) is -11.8. The molecule has 6 aliphatic rings. The van der Waals surface area contributed by atoms with E-state index < -0.39 is 236 Å². The number of aliphatic hydroxyl groups excluding tert-OH is 18. The molecule has 0 aliphatic carbocycles. The zero-order valence-corrected chi connectivity index (χ0v) is 43.3. The number of aliphatic hydroxyl groups is 18. The summed E-state index contributed by atoms with van der Waals surface area (Å²) in [4.78, 5) is 12.8. The number of carbonyl (C=O) groups is 1. The normalized spacial score (nSPS) is 46.9. The van der Waals surface area contributed by atoms with Crippen LogP contribution in [0, 0.1) is 5.92 Å². The van der Waals surface area contributed by atoms with Gasteiger partial charge in [0.2, 0.25) is 5.91 Å². The molecule has 0 saturated carbocycles. The minimum absolute atomic E-state index is 0.109. The number of rotatable bonds is 25. The van der Waals surface area contributed by atoms with Gasteiger partial charge in [0, 0.05) is 25.9 Å². The minimum Gasteiger partial charge on any atom is -0.394 e. The molecule has 79 heavy (non-hydrogen) atoms. The second-order valence-electron chi connectivity index (χ2n) is 20.4. The third-order valence-corrected chi connectivity index (χ3v) is 14.9. The molecule has 6 fully saturated rings. The predicted molar refractivity (Wildman–Crippen MR) is 251 cm³/mol. The fourth-order valence-corrected chi connectivity index (χ4v) is 10.3. The smallest absolute Gasteiger partial charge is 0.217 e. The molecule has 33 heteroatoms. The van der Waals surface area contributed by atoms with E-state index in [4.69, 9.17) is 62.6 Å². The van der Waals surface area contributed by atoms with E-state index in [2.05, 4.69) is 5.32 Å². The van der Waals surface area contributed by atoms with Gasteiger partial charge in [0.15, 0.2) is 37.7 Å². The van der Waals surface area contributed by atoms with Crippen molar-refractivity contribution in [2.45, 2.75) is 224 Å². The third kappa shape index (κ3) is 15.4. The highest BCUT2D eigenvalue weighted by molar-refractivity contribution is 5.73. The van der Waals surface area contributed by atoms with Crippen molar-refractivity contribution in [3.63, 3.8) is 0 Å². The molecule has 0 spiro atoms. The third-order valence-electron chi connectivity index (χ3n) is 14.9. The summed E-state index contributed by atoms with van der Waals surface area (Å²) in [5.74, 6) is -1.68. The summed E-state index contributed by atoms with van der Waals surface area (Å²) in [5.41, 5.74) is 5.51. The first-order valence-electron chi connectivity index (χ1n) is 26.2. The molecule has 6 heterocycles. The van der Waals surface area contributed by atoms with E-state index >= 15 is 0 Å². The van der Waals surface area contributed by atoms with Crippen molar-refractivity contribution >= 4 is 5.91 Å². The van der Waals surface area contributed by atoms with E-state index in [9.17, 15) is 96.7 Å². The van der Waals surface area contributed by atoms with Gasteiger partial charge in [-0.25, -0.2) is 0 Å². The molecular weight excluding hydrogens is 1080 g/mol. The summed E-state index contributed by atoms with van der Waals surface area (Å²) < 4.78 is 69.5. The highest BCUT2D eigenvalue weighted by Gasteiger charge is 2.58. The van der Waals surface area contributed by atoms with E-state index in [0.717, 1.165) is 6.92 Å². The number of amides is 1. The summed E-state index contributed by atoms with van der Waals surface area (Å²) in [6.07, 6.45) is -50.6. The number of hydrogen-bond donors (Lipinski definition) is 20. The van der Waals surface area contributed by atoms with Crippen LogP contribution in [0.1, 0.15) is 39.5 Å². The molecule has 33 nitrogen and oxygen atoms in total. The summed E-state index contributed by atoms with van der Waals surface area (Å²) in [6.45, 7) is -2.58. The van der Waals surface area contributed by atoms with E-state index in [-0.39, 0.29) is 13.0 Å². The lowest BCUT2D eigenvalue weighted by molar-refractivity contribution is -0.390. The molecule has 31 atom stereocenters. The van der Waals surface area contributed by atoms with Crippen LogP contribution in [0.5, 0.6) is 0 Å². The molecule has 21 N–H and O–H groups in total. The van der Waals surface area contributed by atoms with Crippen LogP contribution in [0.3, 0.4) is 0 Å². The Kier molecular flexibility index (Phi) is 25.5. The van der Waals surface area contributed by atoms with Gasteiger partial charge in [-0.2, -0.15) is 0 Å². The van der Waals surface area contributed by atoms with Crippen LogP contribution in [0.2, 0.25) is 0 Å². The van der Waals surface area contributed by atoms with Crippen LogP contribution in [0.25, 0.3) is 0 Å².